The van der Waals surface area contributed by atoms with Gasteiger partial charge in [-0.2, -0.15) is 11.8 Å². The Morgan fingerprint density at radius 2 is 1.55 bits per heavy atom. The zero-order valence-electron chi connectivity index (χ0n) is 24.6. The first-order valence-electron chi connectivity index (χ1n) is 13.8. The fraction of sp³-hybridized carbons (Fsp3) is 0.375. The largest absolute Gasteiger partial charge is 0.480 e. The molecule has 9 nitrogen and oxygen atoms in total. The number of fused-ring (bicyclic) bond motifs is 2. The van der Waals surface area contributed by atoms with E-state index in [-0.39, 0.29) is 23.7 Å². The third kappa shape index (κ3) is 6.54. The molecule has 2 aromatic carbocycles. The fourth-order valence-corrected chi connectivity index (χ4v) is 5.93. The molecule has 0 fully saturated rings. The number of furan rings is 1. The number of aliphatic carboxylic acids is 1. The number of benzene rings is 2. The van der Waals surface area contributed by atoms with Gasteiger partial charge in [-0.05, 0) is 56.4 Å². The van der Waals surface area contributed by atoms with Crippen molar-refractivity contribution in [3.05, 3.63) is 80.4 Å². The van der Waals surface area contributed by atoms with E-state index in [9.17, 15) is 24.3 Å². The standard InChI is InChI=1S/C32H36N2O7S/c1-16(2)27(30(36)33-25(31(37)38)15-42-14-21-10-8-7-9-11-21)34-26(35)13-24-18(4)23-12-22-17(3)20(6)40-28(22)19(5)29(23)41-32(24)39/h7-12,16,25,27H,13-15H2,1-6H3,(H,33,36)(H,34,35)(H,37,38). The van der Waals surface area contributed by atoms with Crippen LogP contribution < -0.4 is 16.3 Å². The van der Waals surface area contributed by atoms with Crippen LogP contribution in [0.4, 0.5) is 0 Å². The monoisotopic (exact) mass is 592 g/mol. The number of carboxylic acids is 1. The molecule has 4 rings (SSSR count). The number of thioether (sulfide) groups is 1. The van der Waals surface area contributed by atoms with Crippen LogP contribution in [0.1, 0.15) is 47.4 Å². The quantitative estimate of drug-likeness (QED) is 0.208. The van der Waals surface area contributed by atoms with E-state index in [1.54, 1.807) is 20.8 Å². The molecule has 0 radical (unpaired) electrons. The van der Waals surface area contributed by atoms with E-state index in [2.05, 4.69) is 10.6 Å². The van der Waals surface area contributed by atoms with Crippen LogP contribution in [0.15, 0.2) is 50.0 Å². The summed E-state index contributed by atoms with van der Waals surface area (Å²) in [6.45, 7) is 10.9. The number of hydrogen-bond acceptors (Lipinski definition) is 7. The zero-order valence-corrected chi connectivity index (χ0v) is 25.4. The molecular formula is C32H36N2O7S. The maximum Gasteiger partial charge on any atom is 0.340 e. The highest BCUT2D eigenvalue weighted by Gasteiger charge is 2.29. The SMILES string of the molecule is Cc1oc2c(C)c3oc(=O)c(CC(=O)NC(C(=O)NC(CSCc4ccccc4)C(=O)O)C(C)C)c(C)c3cc2c1C. The van der Waals surface area contributed by atoms with Gasteiger partial charge in [0.05, 0.1) is 12.0 Å². The van der Waals surface area contributed by atoms with Crippen LogP contribution in [0.5, 0.6) is 0 Å². The molecule has 0 aliphatic rings. The highest BCUT2D eigenvalue weighted by atomic mass is 32.2. The molecule has 0 aliphatic heterocycles. The molecule has 0 spiro atoms. The second kappa shape index (κ2) is 12.9. The first-order chi connectivity index (χ1) is 19.9. The summed E-state index contributed by atoms with van der Waals surface area (Å²) in [6.07, 6.45) is -0.295. The summed E-state index contributed by atoms with van der Waals surface area (Å²) < 4.78 is 11.6. The van der Waals surface area contributed by atoms with Gasteiger partial charge < -0.3 is 24.6 Å². The fourth-order valence-electron chi connectivity index (χ4n) is 4.92. The molecule has 2 aromatic heterocycles. The first-order valence-corrected chi connectivity index (χ1v) is 14.9. The van der Waals surface area contributed by atoms with E-state index in [0.29, 0.717) is 33.4 Å². The lowest BCUT2D eigenvalue weighted by Gasteiger charge is -2.24. The highest BCUT2D eigenvalue weighted by Crippen LogP contribution is 2.34. The molecule has 2 heterocycles. The number of rotatable bonds is 11. The van der Waals surface area contributed by atoms with Gasteiger partial charge in [0.1, 0.15) is 29.0 Å². The van der Waals surface area contributed by atoms with E-state index in [0.717, 1.165) is 22.3 Å². The Morgan fingerprint density at radius 1 is 0.905 bits per heavy atom. The predicted molar refractivity (Wildman–Crippen MR) is 164 cm³/mol. The van der Waals surface area contributed by atoms with Crippen molar-refractivity contribution in [1.82, 2.24) is 10.6 Å². The highest BCUT2D eigenvalue weighted by molar-refractivity contribution is 7.98. The van der Waals surface area contributed by atoms with E-state index < -0.39 is 35.5 Å². The van der Waals surface area contributed by atoms with Crippen LogP contribution in [0.2, 0.25) is 0 Å². The van der Waals surface area contributed by atoms with E-state index in [1.165, 1.54) is 11.8 Å². The second-order valence-electron chi connectivity index (χ2n) is 10.9. The van der Waals surface area contributed by atoms with Gasteiger partial charge in [0.15, 0.2) is 0 Å². The Bertz CT molecular complexity index is 1710. The predicted octanol–water partition coefficient (Wildman–Crippen LogP) is 4.96. The summed E-state index contributed by atoms with van der Waals surface area (Å²) in [6, 6.07) is 9.41. The number of hydrogen-bond donors (Lipinski definition) is 3. The average Bonchev–Trinajstić information content (AvgIpc) is 3.23. The number of amides is 2. The van der Waals surface area contributed by atoms with Gasteiger partial charge in [-0.15, -0.1) is 0 Å². The summed E-state index contributed by atoms with van der Waals surface area (Å²) in [5.41, 5.74) is 4.00. The molecular weight excluding hydrogens is 556 g/mol. The third-order valence-electron chi connectivity index (χ3n) is 7.56. The van der Waals surface area contributed by atoms with Gasteiger partial charge >= 0.3 is 11.6 Å². The molecule has 2 atom stereocenters. The van der Waals surface area contributed by atoms with Crippen LogP contribution >= 0.6 is 11.8 Å². The van der Waals surface area contributed by atoms with Crippen LogP contribution in [-0.4, -0.2) is 40.7 Å². The Balaban J connectivity index is 1.49. The number of aryl methyl sites for hydroxylation is 4. The van der Waals surface area contributed by atoms with Crippen LogP contribution in [0.3, 0.4) is 0 Å². The van der Waals surface area contributed by atoms with Gasteiger partial charge in [-0.25, -0.2) is 9.59 Å². The normalized spacial score (nSPS) is 12.9. The molecule has 3 N–H and O–H groups in total. The summed E-state index contributed by atoms with van der Waals surface area (Å²) in [4.78, 5) is 51.2. The molecule has 0 bridgehead atoms. The topological polar surface area (TPSA) is 139 Å². The van der Waals surface area contributed by atoms with Crippen LogP contribution in [0.25, 0.3) is 21.9 Å². The minimum Gasteiger partial charge on any atom is -0.480 e. The summed E-state index contributed by atoms with van der Waals surface area (Å²) in [5, 5.41) is 16.6. The maximum absolute atomic E-state index is 13.2. The number of nitrogens with one attached hydrogen (secondary N) is 2. The Kier molecular flexibility index (Phi) is 9.46. The number of carboxylic acid groups (broad SMARTS) is 1. The Labute approximate surface area is 248 Å². The lowest BCUT2D eigenvalue weighted by atomic mass is 9.98. The number of carbonyl (C=O) groups is 3. The molecule has 0 aliphatic carbocycles. The third-order valence-corrected chi connectivity index (χ3v) is 8.66. The van der Waals surface area contributed by atoms with Crippen molar-refractivity contribution in [3.63, 3.8) is 0 Å². The molecule has 2 amide bonds. The molecule has 10 heteroatoms. The molecule has 0 saturated heterocycles. The van der Waals surface area contributed by atoms with E-state index in [1.807, 2.05) is 57.2 Å². The van der Waals surface area contributed by atoms with Crippen molar-refractivity contribution in [3.8, 4) is 0 Å². The molecule has 42 heavy (non-hydrogen) atoms. The smallest absolute Gasteiger partial charge is 0.340 e. The van der Waals surface area contributed by atoms with E-state index >= 15 is 0 Å². The average molecular weight is 593 g/mol. The van der Waals surface area contributed by atoms with Crippen molar-refractivity contribution in [1.29, 1.82) is 0 Å². The Hall–Kier alpha value is -4.05. The molecule has 222 valence electrons. The van der Waals surface area contributed by atoms with Gasteiger partial charge in [-0.3, -0.25) is 9.59 Å². The Morgan fingerprint density at radius 3 is 2.19 bits per heavy atom. The summed E-state index contributed by atoms with van der Waals surface area (Å²) >= 11 is 1.39. The van der Waals surface area contributed by atoms with Crippen molar-refractivity contribution in [2.75, 3.05) is 5.75 Å². The van der Waals surface area contributed by atoms with Crippen molar-refractivity contribution >= 4 is 51.5 Å². The number of carbonyl (C=O) groups excluding carboxylic acids is 2. The van der Waals surface area contributed by atoms with Gasteiger partial charge in [0, 0.05) is 27.8 Å². The van der Waals surface area contributed by atoms with Crippen molar-refractivity contribution in [2.45, 2.75) is 65.8 Å². The van der Waals surface area contributed by atoms with E-state index in [4.69, 9.17) is 8.83 Å². The summed E-state index contributed by atoms with van der Waals surface area (Å²) in [7, 11) is 0. The maximum atomic E-state index is 13.2. The zero-order chi connectivity index (χ0) is 30.7. The van der Waals surface area contributed by atoms with Crippen LogP contribution in [0, 0.1) is 33.6 Å². The molecule has 0 saturated carbocycles. The van der Waals surface area contributed by atoms with Crippen molar-refractivity contribution in [2.24, 2.45) is 5.92 Å². The minimum atomic E-state index is -1.16. The van der Waals surface area contributed by atoms with Gasteiger partial charge in [0.2, 0.25) is 11.8 Å². The molecule has 4 aromatic rings. The van der Waals surface area contributed by atoms with Gasteiger partial charge in [0.25, 0.3) is 0 Å². The van der Waals surface area contributed by atoms with Crippen LogP contribution in [-0.2, 0) is 26.6 Å². The minimum absolute atomic E-state index is 0.161. The van der Waals surface area contributed by atoms with Crippen molar-refractivity contribution < 1.29 is 28.3 Å². The first kappa shape index (κ1) is 30.9. The lowest BCUT2D eigenvalue weighted by Crippen LogP contribution is -2.54. The molecule has 2 unspecified atom stereocenters. The van der Waals surface area contributed by atoms with Gasteiger partial charge in [-0.1, -0.05) is 44.2 Å². The second-order valence-corrected chi connectivity index (χ2v) is 11.9. The summed E-state index contributed by atoms with van der Waals surface area (Å²) in [5.74, 6) is -1.10. The lowest BCUT2D eigenvalue weighted by molar-refractivity contribution is -0.141.